The monoisotopic (exact) mass is 219 g/mol. The Morgan fingerprint density at radius 3 is 2.56 bits per heavy atom. The lowest BCUT2D eigenvalue weighted by Crippen LogP contribution is -2.29. The number of aryl methyl sites for hydroxylation is 1. The molecule has 1 N–H and O–H groups in total. The Hall–Kier alpha value is -0.820. The smallest absolute Gasteiger partial charge is 0.00104 e. The van der Waals surface area contributed by atoms with E-state index in [9.17, 15) is 0 Å². The molecule has 0 amide bonds. The molecule has 1 heteroatoms. The molecule has 0 radical (unpaired) electrons. The van der Waals surface area contributed by atoms with Crippen molar-refractivity contribution in [2.45, 2.75) is 46.6 Å². The van der Waals surface area contributed by atoms with E-state index in [4.69, 9.17) is 0 Å². The minimum atomic E-state index is 0.589. The number of hydrogen-bond acceptors (Lipinski definition) is 1. The minimum Gasteiger partial charge on any atom is -0.314 e. The van der Waals surface area contributed by atoms with E-state index in [1.165, 1.54) is 24.0 Å². The normalized spacial score (nSPS) is 13.1. The van der Waals surface area contributed by atoms with E-state index in [2.05, 4.69) is 57.3 Å². The molecule has 0 saturated carbocycles. The van der Waals surface area contributed by atoms with Crippen LogP contribution in [0.15, 0.2) is 24.3 Å². The van der Waals surface area contributed by atoms with Gasteiger partial charge in [0.1, 0.15) is 0 Å². The highest BCUT2D eigenvalue weighted by molar-refractivity contribution is 5.22. The van der Waals surface area contributed by atoms with E-state index in [0.717, 1.165) is 12.5 Å². The maximum absolute atomic E-state index is 3.53. The molecule has 0 heterocycles. The Bertz CT molecular complexity index is 304. The molecule has 0 bridgehead atoms. The number of nitrogens with one attached hydrogen (secondary N) is 1. The van der Waals surface area contributed by atoms with Crippen molar-refractivity contribution in [1.82, 2.24) is 5.32 Å². The highest BCUT2D eigenvalue weighted by Gasteiger charge is 2.07. The molecule has 1 atom stereocenters. The zero-order valence-corrected chi connectivity index (χ0v) is 11.1. The maximum atomic E-state index is 3.53. The van der Waals surface area contributed by atoms with E-state index in [1.807, 2.05) is 0 Å². The first kappa shape index (κ1) is 13.2. The zero-order chi connectivity index (χ0) is 12.0. The predicted molar refractivity (Wildman–Crippen MR) is 71.8 cm³/mol. The third-order valence-corrected chi connectivity index (χ3v) is 3.00. The van der Waals surface area contributed by atoms with Crippen molar-refractivity contribution in [3.8, 4) is 0 Å². The molecular weight excluding hydrogens is 194 g/mol. The van der Waals surface area contributed by atoms with Gasteiger partial charge in [0.25, 0.3) is 0 Å². The second kappa shape index (κ2) is 6.70. The molecule has 0 saturated heterocycles. The summed E-state index contributed by atoms with van der Waals surface area (Å²) < 4.78 is 0. The summed E-state index contributed by atoms with van der Waals surface area (Å²) in [7, 11) is 0. The summed E-state index contributed by atoms with van der Waals surface area (Å²) in [6.45, 7) is 9.99. The van der Waals surface area contributed by atoms with Gasteiger partial charge in [-0.2, -0.15) is 0 Å². The van der Waals surface area contributed by atoms with Gasteiger partial charge in [-0.3, -0.25) is 0 Å². The molecule has 1 aromatic rings. The van der Waals surface area contributed by atoms with Crippen LogP contribution >= 0.6 is 0 Å². The zero-order valence-electron chi connectivity index (χ0n) is 11.1. The van der Waals surface area contributed by atoms with Gasteiger partial charge in [0.15, 0.2) is 0 Å². The fourth-order valence-corrected chi connectivity index (χ4v) is 1.94. The number of benzene rings is 1. The molecular formula is C15H25N. The first-order valence-electron chi connectivity index (χ1n) is 6.40. The second-order valence-electron chi connectivity index (χ2n) is 5.03. The highest BCUT2D eigenvalue weighted by atomic mass is 14.9. The summed E-state index contributed by atoms with van der Waals surface area (Å²) in [5, 5.41) is 3.53. The van der Waals surface area contributed by atoms with Crippen LogP contribution in [-0.2, 0) is 6.42 Å². The number of hydrogen-bond donors (Lipinski definition) is 1. The van der Waals surface area contributed by atoms with Gasteiger partial charge in [-0.15, -0.1) is 0 Å². The van der Waals surface area contributed by atoms with Crippen molar-refractivity contribution in [2.24, 2.45) is 5.92 Å². The van der Waals surface area contributed by atoms with E-state index >= 15 is 0 Å². The predicted octanol–water partition coefficient (Wildman–Crippen LogP) is 3.56. The van der Waals surface area contributed by atoms with Crippen LogP contribution in [0, 0.1) is 12.8 Å². The third-order valence-electron chi connectivity index (χ3n) is 3.00. The van der Waals surface area contributed by atoms with Crippen molar-refractivity contribution in [1.29, 1.82) is 0 Å². The molecule has 1 nitrogen and oxygen atoms in total. The summed E-state index contributed by atoms with van der Waals surface area (Å²) in [4.78, 5) is 0. The largest absolute Gasteiger partial charge is 0.314 e. The number of rotatable bonds is 6. The van der Waals surface area contributed by atoms with Crippen LogP contribution in [0.4, 0.5) is 0 Å². The molecule has 1 rings (SSSR count). The van der Waals surface area contributed by atoms with Gasteiger partial charge in [-0.25, -0.2) is 0 Å². The lowest BCUT2D eigenvalue weighted by Gasteiger charge is -2.17. The Morgan fingerprint density at radius 2 is 2.00 bits per heavy atom. The molecule has 1 unspecified atom stereocenters. The second-order valence-corrected chi connectivity index (χ2v) is 5.03. The van der Waals surface area contributed by atoms with Crippen LogP contribution in [-0.4, -0.2) is 12.6 Å². The molecule has 0 aliphatic rings. The average Bonchev–Trinajstić information content (AvgIpc) is 2.24. The van der Waals surface area contributed by atoms with E-state index in [-0.39, 0.29) is 0 Å². The fourth-order valence-electron chi connectivity index (χ4n) is 1.94. The van der Waals surface area contributed by atoms with Crippen molar-refractivity contribution < 1.29 is 0 Å². The van der Waals surface area contributed by atoms with Crippen molar-refractivity contribution >= 4 is 0 Å². The van der Waals surface area contributed by atoms with Gasteiger partial charge in [0.2, 0.25) is 0 Å². The Labute approximate surface area is 100 Å². The Morgan fingerprint density at radius 1 is 1.25 bits per heavy atom. The average molecular weight is 219 g/mol. The van der Waals surface area contributed by atoms with Crippen LogP contribution in [0.5, 0.6) is 0 Å². The van der Waals surface area contributed by atoms with Crippen molar-refractivity contribution in [3.63, 3.8) is 0 Å². The molecule has 90 valence electrons. The summed E-state index contributed by atoms with van der Waals surface area (Å²) in [6, 6.07) is 9.46. The van der Waals surface area contributed by atoms with Crippen molar-refractivity contribution in [3.05, 3.63) is 35.4 Å². The third kappa shape index (κ3) is 4.80. The maximum Gasteiger partial charge on any atom is 0.00104 e. The van der Waals surface area contributed by atoms with E-state index < -0.39 is 0 Å². The van der Waals surface area contributed by atoms with E-state index in [0.29, 0.717) is 6.04 Å². The standard InChI is InChI=1S/C15H25N/c1-5-14(11-16-12(2)3)10-15-8-6-7-13(4)9-15/h6-9,12,14,16H,5,10-11H2,1-4H3. The van der Waals surface area contributed by atoms with Gasteiger partial charge in [0.05, 0.1) is 0 Å². The van der Waals surface area contributed by atoms with Gasteiger partial charge in [-0.05, 0) is 31.4 Å². The summed E-state index contributed by atoms with van der Waals surface area (Å²) in [5.41, 5.74) is 2.83. The quantitative estimate of drug-likeness (QED) is 0.771. The van der Waals surface area contributed by atoms with Crippen LogP contribution in [0.1, 0.15) is 38.3 Å². The minimum absolute atomic E-state index is 0.589. The summed E-state index contributed by atoms with van der Waals surface area (Å²) >= 11 is 0. The Kier molecular flexibility index (Phi) is 5.54. The van der Waals surface area contributed by atoms with Crippen molar-refractivity contribution in [2.75, 3.05) is 6.54 Å². The molecule has 0 aliphatic carbocycles. The van der Waals surface area contributed by atoms with E-state index in [1.54, 1.807) is 0 Å². The van der Waals surface area contributed by atoms with Crippen LogP contribution in [0.25, 0.3) is 0 Å². The molecule has 0 aromatic heterocycles. The SMILES string of the molecule is CCC(CNC(C)C)Cc1cccc(C)c1. The lowest BCUT2D eigenvalue weighted by molar-refractivity contribution is 0.436. The lowest BCUT2D eigenvalue weighted by atomic mass is 9.96. The summed E-state index contributed by atoms with van der Waals surface area (Å²) in [6.07, 6.45) is 2.44. The molecule has 0 spiro atoms. The first-order chi connectivity index (χ1) is 7.61. The van der Waals surface area contributed by atoms with Crippen LogP contribution < -0.4 is 5.32 Å². The molecule has 16 heavy (non-hydrogen) atoms. The van der Waals surface area contributed by atoms with Gasteiger partial charge in [-0.1, -0.05) is 57.0 Å². The highest BCUT2D eigenvalue weighted by Crippen LogP contribution is 2.13. The van der Waals surface area contributed by atoms with Crippen LogP contribution in [0.2, 0.25) is 0 Å². The van der Waals surface area contributed by atoms with Gasteiger partial charge < -0.3 is 5.32 Å². The first-order valence-corrected chi connectivity index (χ1v) is 6.40. The summed E-state index contributed by atoms with van der Waals surface area (Å²) in [5.74, 6) is 0.754. The van der Waals surface area contributed by atoms with Crippen LogP contribution in [0.3, 0.4) is 0 Å². The molecule has 0 aliphatic heterocycles. The Balaban J connectivity index is 2.49. The van der Waals surface area contributed by atoms with Gasteiger partial charge in [0, 0.05) is 6.04 Å². The fraction of sp³-hybridized carbons (Fsp3) is 0.600. The van der Waals surface area contributed by atoms with Gasteiger partial charge >= 0.3 is 0 Å². The molecule has 0 fully saturated rings. The molecule has 1 aromatic carbocycles. The topological polar surface area (TPSA) is 12.0 Å².